The van der Waals surface area contributed by atoms with Crippen molar-refractivity contribution in [3.63, 3.8) is 0 Å². The molecule has 1 aromatic heterocycles. The van der Waals surface area contributed by atoms with Crippen LogP contribution >= 0.6 is 11.6 Å². The number of hydrogen-bond acceptors (Lipinski definition) is 5. The van der Waals surface area contributed by atoms with Gasteiger partial charge in [0.05, 0.1) is 17.7 Å². The lowest BCUT2D eigenvalue weighted by Crippen LogP contribution is -2.62. The zero-order valence-electron chi connectivity index (χ0n) is 20.6. The maximum Gasteiger partial charge on any atom is 0.329 e. The molecule has 192 valence electrons. The Bertz CT molecular complexity index is 1410. The van der Waals surface area contributed by atoms with Crippen LogP contribution in [0.2, 0.25) is 5.02 Å². The normalized spacial score (nSPS) is 18.7. The summed E-state index contributed by atoms with van der Waals surface area (Å²) in [4.78, 5) is 27.4. The van der Waals surface area contributed by atoms with Gasteiger partial charge in [-0.2, -0.15) is 4.31 Å². The number of sulfonamides is 1. The molecule has 1 aliphatic heterocycles. The van der Waals surface area contributed by atoms with Crippen LogP contribution < -0.4 is 0 Å². The molecular weight excluding hydrogens is 504 g/mol. The van der Waals surface area contributed by atoms with E-state index in [9.17, 15) is 23.1 Å². The second kappa shape index (κ2) is 9.21. The summed E-state index contributed by atoms with van der Waals surface area (Å²) in [7, 11) is -4.17. The Balaban J connectivity index is 1.77. The molecule has 0 spiro atoms. The van der Waals surface area contributed by atoms with Crippen molar-refractivity contribution in [2.24, 2.45) is 5.41 Å². The van der Waals surface area contributed by atoms with Crippen LogP contribution in [0.4, 0.5) is 0 Å². The minimum absolute atomic E-state index is 0.0203. The van der Waals surface area contributed by atoms with Gasteiger partial charge in [-0.1, -0.05) is 44.5 Å². The Morgan fingerprint density at radius 3 is 2.42 bits per heavy atom. The summed E-state index contributed by atoms with van der Waals surface area (Å²) in [6.07, 6.45) is 1.59. The van der Waals surface area contributed by atoms with Crippen molar-refractivity contribution in [1.82, 2.24) is 9.21 Å². The van der Waals surface area contributed by atoms with E-state index < -0.39 is 38.9 Å². The first kappa shape index (κ1) is 26.2. The van der Waals surface area contributed by atoms with E-state index in [0.717, 1.165) is 9.69 Å². The van der Waals surface area contributed by atoms with Gasteiger partial charge in [0.15, 0.2) is 0 Å². The fourth-order valence-electron chi connectivity index (χ4n) is 4.63. The predicted molar refractivity (Wildman–Crippen MR) is 136 cm³/mol. The van der Waals surface area contributed by atoms with Crippen molar-refractivity contribution < 1.29 is 27.5 Å². The molecule has 0 unspecified atom stereocenters. The SMILES string of the molecule is CC(C)(C)[C@@](C)(C(=O)O)N1CC[C@H](N(Cc2ccco2)S(=O)(=O)c2ccc3cc(Cl)ccc3c2)C1=O. The highest BCUT2D eigenvalue weighted by molar-refractivity contribution is 7.89. The molecule has 1 N–H and O–H groups in total. The molecule has 2 atom stereocenters. The number of amides is 1. The van der Waals surface area contributed by atoms with Gasteiger partial charge < -0.3 is 14.4 Å². The summed E-state index contributed by atoms with van der Waals surface area (Å²) in [5, 5.41) is 12.1. The number of nitrogens with zero attached hydrogens (tertiary/aromatic N) is 2. The van der Waals surface area contributed by atoms with Gasteiger partial charge in [-0.15, -0.1) is 0 Å². The highest BCUT2D eigenvalue weighted by atomic mass is 35.5. The monoisotopic (exact) mass is 532 g/mol. The molecule has 1 amide bonds. The summed E-state index contributed by atoms with van der Waals surface area (Å²) in [6.45, 7) is 6.71. The van der Waals surface area contributed by atoms with Gasteiger partial charge in [0, 0.05) is 11.6 Å². The van der Waals surface area contributed by atoms with Crippen LogP contribution in [0.15, 0.2) is 64.1 Å². The Morgan fingerprint density at radius 1 is 1.14 bits per heavy atom. The van der Waals surface area contributed by atoms with Crippen molar-refractivity contribution in [3.05, 3.63) is 65.6 Å². The number of furan rings is 1. The van der Waals surface area contributed by atoms with Crippen LogP contribution in [0.5, 0.6) is 0 Å². The first-order chi connectivity index (χ1) is 16.8. The van der Waals surface area contributed by atoms with Crippen molar-refractivity contribution in [1.29, 1.82) is 0 Å². The first-order valence-corrected chi connectivity index (χ1v) is 13.4. The second-order valence-electron chi connectivity index (χ2n) is 10.2. The number of rotatable bonds is 7. The number of carboxylic acid groups (broad SMARTS) is 1. The van der Waals surface area contributed by atoms with Crippen LogP contribution in [0.25, 0.3) is 10.8 Å². The van der Waals surface area contributed by atoms with Gasteiger partial charge in [-0.05, 0) is 65.9 Å². The number of benzene rings is 2. The zero-order valence-corrected chi connectivity index (χ0v) is 22.1. The summed E-state index contributed by atoms with van der Waals surface area (Å²) >= 11 is 6.06. The molecule has 36 heavy (non-hydrogen) atoms. The third-order valence-corrected chi connectivity index (χ3v) is 9.30. The molecule has 1 fully saturated rings. The van der Waals surface area contributed by atoms with Crippen LogP contribution in [0, 0.1) is 5.41 Å². The number of halogens is 1. The minimum Gasteiger partial charge on any atom is -0.479 e. The second-order valence-corrected chi connectivity index (χ2v) is 12.5. The highest BCUT2D eigenvalue weighted by Gasteiger charge is 2.56. The maximum atomic E-state index is 14.0. The van der Waals surface area contributed by atoms with E-state index in [0.29, 0.717) is 16.2 Å². The lowest BCUT2D eigenvalue weighted by Gasteiger charge is -2.45. The fraction of sp³-hybridized carbons (Fsp3) is 0.385. The molecule has 0 saturated carbocycles. The van der Waals surface area contributed by atoms with Gasteiger partial charge >= 0.3 is 5.97 Å². The van der Waals surface area contributed by atoms with E-state index in [1.807, 2.05) is 0 Å². The van der Waals surface area contributed by atoms with Gasteiger partial charge in [0.1, 0.15) is 17.3 Å². The number of fused-ring (bicyclic) bond motifs is 1. The number of carbonyl (C=O) groups excluding carboxylic acids is 1. The Hall–Kier alpha value is -2.88. The van der Waals surface area contributed by atoms with Gasteiger partial charge in [-0.3, -0.25) is 4.79 Å². The molecule has 0 bridgehead atoms. The van der Waals surface area contributed by atoms with Gasteiger partial charge in [0.25, 0.3) is 0 Å². The Morgan fingerprint density at radius 2 is 1.81 bits per heavy atom. The van der Waals surface area contributed by atoms with Crippen molar-refractivity contribution in [2.45, 2.75) is 57.1 Å². The number of carbonyl (C=O) groups is 2. The first-order valence-electron chi connectivity index (χ1n) is 11.6. The zero-order chi connectivity index (χ0) is 26.5. The molecule has 0 aliphatic carbocycles. The van der Waals surface area contributed by atoms with Crippen molar-refractivity contribution >= 4 is 44.3 Å². The largest absolute Gasteiger partial charge is 0.479 e. The van der Waals surface area contributed by atoms with E-state index in [1.165, 1.54) is 24.2 Å². The summed E-state index contributed by atoms with van der Waals surface area (Å²) in [5.74, 6) is -1.32. The van der Waals surface area contributed by atoms with Crippen LogP contribution in [0.3, 0.4) is 0 Å². The molecule has 2 aromatic carbocycles. The molecule has 1 aliphatic rings. The number of aliphatic carboxylic acids is 1. The lowest BCUT2D eigenvalue weighted by atomic mass is 9.73. The highest BCUT2D eigenvalue weighted by Crippen LogP contribution is 2.40. The number of carboxylic acids is 1. The molecular formula is C26H29ClN2O6S. The fourth-order valence-corrected chi connectivity index (χ4v) is 6.42. The topological polar surface area (TPSA) is 108 Å². The summed E-state index contributed by atoms with van der Waals surface area (Å²) in [6, 6.07) is 12.1. The molecule has 1 saturated heterocycles. The number of hydrogen-bond donors (Lipinski definition) is 1. The average Bonchev–Trinajstić information content (AvgIpc) is 3.45. The van der Waals surface area contributed by atoms with E-state index in [-0.39, 0.29) is 24.4 Å². The van der Waals surface area contributed by atoms with Gasteiger partial charge in [-0.25, -0.2) is 13.2 Å². The Kier molecular flexibility index (Phi) is 6.70. The molecule has 0 radical (unpaired) electrons. The van der Waals surface area contributed by atoms with E-state index in [4.69, 9.17) is 16.0 Å². The smallest absolute Gasteiger partial charge is 0.329 e. The van der Waals surface area contributed by atoms with E-state index in [1.54, 1.807) is 63.2 Å². The van der Waals surface area contributed by atoms with E-state index >= 15 is 0 Å². The van der Waals surface area contributed by atoms with Crippen LogP contribution in [-0.2, 0) is 26.2 Å². The molecule has 4 rings (SSSR count). The maximum absolute atomic E-state index is 14.0. The molecule has 8 nitrogen and oxygen atoms in total. The standard InChI is InChI=1S/C26H29ClN2O6S/c1-25(2,3)26(4,24(31)32)28-12-11-22(23(28)30)29(16-20-6-5-13-35-20)36(33,34)21-10-8-17-14-19(27)9-7-18(17)15-21/h5-10,13-15,22H,11-12,16H2,1-4H3,(H,31,32)/t22-,26+/m0/s1. The number of likely N-dealkylation sites (tertiary alicyclic amines) is 1. The van der Waals surface area contributed by atoms with Crippen LogP contribution in [-0.4, -0.2) is 52.7 Å². The predicted octanol–water partition coefficient (Wildman–Crippen LogP) is 4.77. The van der Waals surface area contributed by atoms with Crippen molar-refractivity contribution in [2.75, 3.05) is 6.54 Å². The quantitative estimate of drug-likeness (QED) is 0.469. The third-order valence-electron chi connectivity index (χ3n) is 7.21. The molecule has 10 heteroatoms. The van der Waals surface area contributed by atoms with Gasteiger partial charge in [0.2, 0.25) is 15.9 Å². The van der Waals surface area contributed by atoms with Crippen LogP contribution in [0.1, 0.15) is 39.9 Å². The lowest BCUT2D eigenvalue weighted by molar-refractivity contribution is -0.164. The summed E-state index contributed by atoms with van der Waals surface area (Å²) < 4.78 is 34.5. The minimum atomic E-state index is -4.17. The molecule has 2 heterocycles. The van der Waals surface area contributed by atoms with Crippen molar-refractivity contribution in [3.8, 4) is 0 Å². The van der Waals surface area contributed by atoms with E-state index in [2.05, 4.69) is 0 Å². The summed E-state index contributed by atoms with van der Waals surface area (Å²) in [5.41, 5.74) is -2.32. The average molecular weight is 533 g/mol. The Labute approximate surface area is 215 Å². The molecule has 3 aromatic rings. The third kappa shape index (κ3) is 4.40.